The lowest BCUT2D eigenvalue weighted by atomic mass is 9.87. The molecule has 0 N–H and O–H groups in total. The summed E-state index contributed by atoms with van der Waals surface area (Å²) in [5, 5.41) is 0. The van der Waals surface area contributed by atoms with Crippen LogP contribution < -0.4 is 0 Å². The van der Waals surface area contributed by atoms with Gasteiger partial charge in [0.15, 0.2) is 0 Å². The van der Waals surface area contributed by atoms with E-state index in [4.69, 9.17) is 9.47 Å². The standard InChI is InChI=1S/C11H21F3O2/c1-4-5-6-10(2,7-15-3)8-16-9-11(12,13)14/h4-9H2,1-3H3. The molecule has 0 saturated heterocycles. The van der Waals surface area contributed by atoms with E-state index in [-0.39, 0.29) is 12.0 Å². The summed E-state index contributed by atoms with van der Waals surface area (Å²) in [7, 11) is 1.55. The van der Waals surface area contributed by atoms with Crippen LogP contribution in [0.25, 0.3) is 0 Å². The van der Waals surface area contributed by atoms with Gasteiger partial charge in [-0.15, -0.1) is 0 Å². The van der Waals surface area contributed by atoms with E-state index in [0.29, 0.717) is 6.61 Å². The summed E-state index contributed by atoms with van der Waals surface area (Å²) in [4.78, 5) is 0. The van der Waals surface area contributed by atoms with E-state index in [9.17, 15) is 13.2 Å². The van der Waals surface area contributed by atoms with Gasteiger partial charge in [-0.25, -0.2) is 0 Å². The number of alkyl halides is 3. The first-order valence-corrected chi connectivity index (χ1v) is 5.46. The van der Waals surface area contributed by atoms with Crippen LogP contribution in [0.15, 0.2) is 0 Å². The molecule has 0 aliphatic heterocycles. The average Bonchev–Trinajstić information content (AvgIpc) is 2.13. The fraction of sp³-hybridized carbons (Fsp3) is 1.00. The Labute approximate surface area is 95.1 Å². The van der Waals surface area contributed by atoms with E-state index >= 15 is 0 Å². The SMILES string of the molecule is CCCCC(C)(COC)COCC(F)(F)F. The topological polar surface area (TPSA) is 18.5 Å². The van der Waals surface area contributed by atoms with Gasteiger partial charge >= 0.3 is 6.18 Å². The molecule has 0 aromatic heterocycles. The van der Waals surface area contributed by atoms with Crippen LogP contribution in [-0.4, -0.2) is 33.1 Å². The first-order chi connectivity index (χ1) is 7.33. The quantitative estimate of drug-likeness (QED) is 0.649. The molecule has 0 aromatic carbocycles. The molecule has 0 saturated carbocycles. The van der Waals surface area contributed by atoms with Crippen LogP contribution in [0.2, 0.25) is 0 Å². The van der Waals surface area contributed by atoms with E-state index in [1.165, 1.54) is 0 Å². The highest BCUT2D eigenvalue weighted by atomic mass is 19.4. The van der Waals surface area contributed by atoms with Crippen LogP contribution in [0.3, 0.4) is 0 Å². The molecular formula is C11H21F3O2. The van der Waals surface area contributed by atoms with Gasteiger partial charge in [-0.3, -0.25) is 0 Å². The van der Waals surface area contributed by atoms with Crippen molar-refractivity contribution in [2.75, 3.05) is 26.9 Å². The Bertz CT molecular complexity index is 183. The molecule has 0 heterocycles. The molecule has 0 fully saturated rings. The summed E-state index contributed by atoms with van der Waals surface area (Å²) >= 11 is 0. The van der Waals surface area contributed by atoms with Crippen LogP contribution in [0.4, 0.5) is 13.2 Å². The number of halogens is 3. The van der Waals surface area contributed by atoms with Gasteiger partial charge in [0.05, 0.1) is 13.2 Å². The number of unbranched alkanes of at least 4 members (excludes halogenated alkanes) is 1. The molecule has 1 unspecified atom stereocenters. The third kappa shape index (κ3) is 7.93. The highest BCUT2D eigenvalue weighted by Crippen LogP contribution is 2.26. The smallest absolute Gasteiger partial charge is 0.384 e. The van der Waals surface area contributed by atoms with Crippen molar-refractivity contribution in [3.63, 3.8) is 0 Å². The van der Waals surface area contributed by atoms with Gasteiger partial charge in [0.2, 0.25) is 0 Å². The summed E-state index contributed by atoms with van der Waals surface area (Å²) in [5.74, 6) is 0. The summed E-state index contributed by atoms with van der Waals surface area (Å²) in [6.45, 7) is 3.26. The summed E-state index contributed by atoms with van der Waals surface area (Å²) in [5.41, 5.74) is -0.323. The molecule has 0 rings (SSSR count). The zero-order chi connectivity index (χ0) is 12.7. The first kappa shape index (κ1) is 15.7. The Morgan fingerprint density at radius 2 is 1.69 bits per heavy atom. The number of hydrogen-bond acceptors (Lipinski definition) is 2. The van der Waals surface area contributed by atoms with Gasteiger partial charge in [0.1, 0.15) is 6.61 Å². The van der Waals surface area contributed by atoms with Crippen molar-refractivity contribution in [2.45, 2.75) is 39.3 Å². The second-order valence-corrected chi connectivity index (χ2v) is 4.46. The third-order valence-corrected chi connectivity index (χ3v) is 2.34. The molecule has 5 heteroatoms. The predicted molar refractivity (Wildman–Crippen MR) is 56.4 cm³/mol. The van der Waals surface area contributed by atoms with Gasteiger partial charge in [-0.1, -0.05) is 26.7 Å². The molecular weight excluding hydrogens is 221 g/mol. The second kappa shape index (κ2) is 7.12. The average molecular weight is 242 g/mol. The Morgan fingerprint density at radius 3 is 2.12 bits per heavy atom. The minimum Gasteiger partial charge on any atom is -0.384 e. The van der Waals surface area contributed by atoms with Crippen LogP contribution in [0, 0.1) is 5.41 Å². The van der Waals surface area contributed by atoms with Crippen molar-refractivity contribution in [2.24, 2.45) is 5.41 Å². The van der Waals surface area contributed by atoms with Crippen LogP contribution in [0.5, 0.6) is 0 Å². The van der Waals surface area contributed by atoms with Crippen molar-refractivity contribution >= 4 is 0 Å². The fourth-order valence-corrected chi connectivity index (χ4v) is 1.55. The van der Waals surface area contributed by atoms with Crippen molar-refractivity contribution in [3.05, 3.63) is 0 Å². The lowest BCUT2D eigenvalue weighted by Gasteiger charge is -2.28. The highest BCUT2D eigenvalue weighted by molar-refractivity contribution is 4.73. The Hall–Kier alpha value is -0.290. The molecule has 0 aliphatic carbocycles. The molecule has 0 bridgehead atoms. The monoisotopic (exact) mass is 242 g/mol. The lowest BCUT2D eigenvalue weighted by molar-refractivity contribution is -0.182. The Kier molecular flexibility index (Phi) is 6.99. The van der Waals surface area contributed by atoms with Crippen molar-refractivity contribution in [3.8, 4) is 0 Å². The largest absolute Gasteiger partial charge is 0.411 e. The number of rotatable bonds is 8. The summed E-state index contributed by atoms with van der Waals surface area (Å²) in [6, 6.07) is 0. The van der Waals surface area contributed by atoms with Gasteiger partial charge in [0, 0.05) is 12.5 Å². The molecule has 0 spiro atoms. The molecule has 0 aromatic rings. The van der Waals surface area contributed by atoms with Crippen LogP contribution >= 0.6 is 0 Å². The number of ether oxygens (including phenoxy) is 2. The van der Waals surface area contributed by atoms with E-state index in [1.54, 1.807) is 7.11 Å². The fourth-order valence-electron chi connectivity index (χ4n) is 1.55. The zero-order valence-corrected chi connectivity index (χ0v) is 10.2. The molecule has 1 atom stereocenters. The Morgan fingerprint density at radius 1 is 1.06 bits per heavy atom. The lowest BCUT2D eigenvalue weighted by Crippen LogP contribution is -2.31. The minimum absolute atomic E-state index is 0.0837. The maximum absolute atomic E-state index is 11.9. The maximum Gasteiger partial charge on any atom is 0.411 e. The van der Waals surface area contributed by atoms with Gasteiger partial charge < -0.3 is 9.47 Å². The normalized spacial score (nSPS) is 16.1. The molecule has 16 heavy (non-hydrogen) atoms. The number of hydrogen-bond donors (Lipinski definition) is 0. The zero-order valence-electron chi connectivity index (χ0n) is 10.2. The summed E-state index contributed by atoms with van der Waals surface area (Å²) in [6.07, 6.45) is -1.46. The van der Waals surface area contributed by atoms with E-state index in [0.717, 1.165) is 19.3 Å². The van der Waals surface area contributed by atoms with E-state index in [2.05, 4.69) is 0 Å². The van der Waals surface area contributed by atoms with Crippen LogP contribution in [-0.2, 0) is 9.47 Å². The van der Waals surface area contributed by atoms with Crippen molar-refractivity contribution in [1.29, 1.82) is 0 Å². The minimum atomic E-state index is -4.25. The molecule has 2 nitrogen and oxygen atoms in total. The first-order valence-electron chi connectivity index (χ1n) is 5.46. The molecule has 0 amide bonds. The van der Waals surface area contributed by atoms with E-state index in [1.807, 2.05) is 13.8 Å². The van der Waals surface area contributed by atoms with Crippen molar-refractivity contribution < 1.29 is 22.6 Å². The molecule has 0 aliphatic rings. The number of methoxy groups -OCH3 is 1. The molecule has 0 radical (unpaired) electrons. The third-order valence-electron chi connectivity index (χ3n) is 2.34. The van der Waals surface area contributed by atoms with Gasteiger partial charge in [-0.2, -0.15) is 13.2 Å². The predicted octanol–water partition coefficient (Wildman–Crippen LogP) is 3.41. The van der Waals surface area contributed by atoms with Crippen LogP contribution in [0.1, 0.15) is 33.1 Å². The van der Waals surface area contributed by atoms with Gasteiger partial charge in [0.25, 0.3) is 0 Å². The van der Waals surface area contributed by atoms with Gasteiger partial charge in [-0.05, 0) is 6.42 Å². The van der Waals surface area contributed by atoms with E-state index < -0.39 is 12.8 Å². The second-order valence-electron chi connectivity index (χ2n) is 4.46. The highest BCUT2D eigenvalue weighted by Gasteiger charge is 2.30. The molecule has 98 valence electrons. The Balaban J connectivity index is 4.01. The summed E-state index contributed by atoms with van der Waals surface area (Å²) < 4.78 is 45.5. The maximum atomic E-state index is 11.9. The van der Waals surface area contributed by atoms with Crippen molar-refractivity contribution in [1.82, 2.24) is 0 Å².